The molecule has 0 fully saturated rings. The first-order valence-electron chi connectivity index (χ1n) is 6.63. The van der Waals surface area contributed by atoms with Crippen LogP contribution < -0.4 is 10.1 Å². The number of hydrogen-bond acceptors (Lipinski definition) is 5. The lowest BCUT2D eigenvalue weighted by Crippen LogP contribution is -2.31. The highest BCUT2D eigenvalue weighted by molar-refractivity contribution is 5.29. The minimum atomic E-state index is -0.00141. The molecule has 0 saturated carbocycles. The first-order chi connectivity index (χ1) is 9.79. The maximum atomic E-state index is 5.65. The number of benzene rings is 1. The Morgan fingerprint density at radius 2 is 2.10 bits per heavy atom. The van der Waals surface area contributed by atoms with Crippen LogP contribution in [0.2, 0.25) is 0 Å². The monoisotopic (exact) mass is 276 g/mol. The van der Waals surface area contributed by atoms with Gasteiger partial charge in [0.1, 0.15) is 12.4 Å². The Bertz CT molecular complexity index is 501. The SMILES string of the molecule is COCCNCC(C)Oc1ncn(-c2ccccc2)n1. The van der Waals surface area contributed by atoms with E-state index in [0.29, 0.717) is 12.6 Å². The third-order valence-electron chi connectivity index (χ3n) is 2.71. The van der Waals surface area contributed by atoms with Gasteiger partial charge in [-0.15, -0.1) is 5.10 Å². The third kappa shape index (κ3) is 4.32. The number of methoxy groups -OCH3 is 1. The van der Waals surface area contributed by atoms with Crippen molar-refractivity contribution in [3.8, 4) is 11.7 Å². The second-order valence-electron chi connectivity index (χ2n) is 4.43. The fourth-order valence-electron chi connectivity index (χ4n) is 1.71. The maximum absolute atomic E-state index is 5.65. The maximum Gasteiger partial charge on any atom is 0.336 e. The third-order valence-corrected chi connectivity index (χ3v) is 2.71. The van der Waals surface area contributed by atoms with Crippen molar-refractivity contribution in [1.29, 1.82) is 0 Å². The van der Waals surface area contributed by atoms with E-state index in [1.807, 2.05) is 37.3 Å². The summed E-state index contributed by atoms with van der Waals surface area (Å²) in [5.41, 5.74) is 0.959. The average Bonchev–Trinajstić information content (AvgIpc) is 2.93. The van der Waals surface area contributed by atoms with Crippen LogP contribution in [0.5, 0.6) is 6.01 Å². The molecular formula is C14H20N4O2. The van der Waals surface area contributed by atoms with E-state index in [0.717, 1.165) is 18.8 Å². The molecule has 2 rings (SSSR count). The van der Waals surface area contributed by atoms with Crippen LogP contribution in [0.25, 0.3) is 5.69 Å². The Balaban J connectivity index is 1.83. The van der Waals surface area contributed by atoms with Crippen LogP contribution in [0.1, 0.15) is 6.92 Å². The van der Waals surface area contributed by atoms with Crippen molar-refractivity contribution in [3.05, 3.63) is 36.7 Å². The van der Waals surface area contributed by atoms with E-state index in [1.165, 1.54) is 0 Å². The molecule has 0 aliphatic carbocycles. The number of nitrogens with one attached hydrogen (secondary N) is 1. The molecule has 1 heterocycles. The summed E-state index contributed by atoms with van der Waals surface area (Å²) in [6.07, 6.45) is 1.65. The van der Waals surface area contributed by atoms with Gasteiger partial charge in [-0.25, -0.2) is 4.68 Å². The molecule has 0 amide bonds. The number of rotatable bonds is 8. The summed E-state index contributed by atoms with van der Waals surface area (Å²) in [4.78, 5) is 4.15. The fourth-order valence-corrected chi connectivity index (χ4v) is 1.71. The lowest BCUT2D eigenvalue weighted by Gasteiger charge is -2.12. The molecule has 1 aromatic heterocycles. The summed E-state index contributed by atoms with van der Waals surface area (Å²) in [7, 11) is 1.68. The quantitative estimate of drug-likeness (QED) is 0.736. The van der Waals surface area contributed by atoms with Gasteiger partial charge in [-0.3, -0.25) is 0 Å². The van der Waals surface area contributed by atoms with Gasteiger partial charge in [0.2, 0.25) is 0 Å². The number of para-hydroxylation sites is 1. The molecule has 1 unspecified atom stereocenters. The number of hydrogen-bond donors (Lipinski definition) is 1. The summed E-state index contributed by atoms with van der Waals surface area (Å²) < 4.78 is 12.3. The van der Waals surface area contributed by atoms with E-state index in [2.05, 4.69) is 15.4 Å². The van der Waals surface area contributed by atoms with Crippen molar-refractivity contribution >= 4 is 0 Å². The standard InChI is InChI=1S/C14H20N4O2/c1-12(10-15-8-9-19-2)20-14-16-11-18(17-14)13-6-4-3-5-7-13/h3-7,11-12,15H,8-10H2,1-2H3. The Kier molecular flexibility index (Phi) is 5.52. The zero-order chi connectivity index (χ0) is 14.2. The predicted molar refractivity (Wildman–Crippen MR) is 76.2 cm³/mol. The van der Waals surface area contributed by atoms with Crippen LogP contribution in [0.4, 0.5) is 0 Å². The molecule has 108 valence electrons. The van der Waals surface area contributed by atoms with Crippen LogP contribution in [0.3, 0.4) is 0 Å². The molecule has 0 spiro atoms. The van der Waals surface area contributed by atoms with Crippen LogP contribution in [-0.2, 0) is 4.74 Å². The highest BCUT2D eigenvalue weighted by Crippen LogP contribution is 2.09. The number of ether oxygens (including phenoxy) is 2. The zero-order valence-corrected chi connectivity index (χ0v) is 11.8. The fraction of sp³-hybridized carbons (Fsp3) is 0.429. The molecule has 2 aromatic rings. The molecule has 1 atom stereocenters. The zero-order valence-electron chi connectivity index (χ0n) is 11.8. The van der Waals surface area contributed by atoms with Crippen molar-refractivity contribution in [2.24, 2.45) is 0 Å². The predicted octanol–water partition coefficient (Wildman–Crippen LogP) is 1.27. The van der Waals surface area contributed by atoms with Crippen molar-refractivity contribution in [3.63, 3.8) is 0 Å². The molecule has 0 radical (unpaired) electrons. The normalized spacial score (nSPS) is 12.3. The van der Waals surface area contributed by atoms with E-state index in [9.17, 15) is 0 Å². The van der Waals surface area contributed by atoms with Gasteiger partial charge in [0.25, 0.3) is 0 Å². The van der Waals surface area contributed by atoms with E-state index in [4.69, 9.17) is 9.47 Å². The molecule has 6 nitrogen and oxygen atoms in total. The molecule has 0 aliphatic heterocycles. The van der Waals surface area contributed by atoms with Crippen LogP contribution in [-0.4, -0.2) is 47.7 Å². The molecule has 1 aromatic carbocycles. The largest absolute Gasteiger partial charge is 0.458 e. The first-order valence-corrected chi connectivity index (χ1v) is 6.63. The van der Waals surface area contributed by atoms with Crippen molar-refractivity contribution in [2.45, 2.75) is 13.0 Å². The Labute approximate surface area is 118 Å². The topological polar surface area (TPSA) is 61.2 Å². The lowest BCUT2D eigenvalue weighted by molar-refractivity contribution is 0.178. The van der Waals surface area contributed by atoms with E-state index in [-0.39, 0.29) is 6.10 Å². The molecule has 6 heteroatoms. The first kappa shape index (κ1) is 14.5. The number of aromatic nitrogens is 3. The van der Waals surface area contributed by atoms with Crippen LogP contribution in [0, 0.1) is 0 Å². The van der Waals surface area contributed by atoms with Crippen molar-refractivity contribution in [1.82, 2.24) is 20.1 Å². The second-order valence-corrected chi connectivity index (χ2v) is 4.43. The molecule has 20 heavy (non-hydrogen) atoms. The average molecular weight is 276 g/mol. The summed E-state index contributed by atoms with van der Waals surface area (Å²) in [6.45, 7) is 4.19. The van der Waals surface area contributed by atoms with Gasteiger partial charge in [0, 0.05) is 20.2 Å². The Morgan fingerprint density at radius 1 is 1.30 bits per heavy atom. The van der Waals surface area contributed by atoms with E-state index < -0.39 is 0 Å². The summed E-state index contributed by atoms with van der Waals surface area (Å²) in [6, 6.07) is 10.2. The van der Waals surface area contributed by atoms with Crippen molar-refractivity contribution in [2.75, 3.05) is 26.8 Å². The molecule has 0 bridgehead atoms. The van der Waals surface area contributed by atoms with Crippen molar-refractivity contribution < 1.29 is 9.47 Å². The molecule has 1 N–H and O–H groups in total. The highest BCUT2D eigenvalue weighted by Gasteiger charge is 2.08. The van der Waals surface area contributed by atoms with Gasteiger partial charge in [-0.2, -0.15) is 4.98 Å². The second kappa shape index (κ2) is 7.62. The van der Waals surface area contributed by atoms with Crippen LogP contribution in [0.15, 0.2) is 36.7 Å². The van der Waals surface area contributed by atoms with Crippen LogP contribution >= 0.6 is 0 Å². The number of nitrogens with zero attached hydrogens (tertiary/aromatic N) is 3. The van der Waals surface area contributed by atoms with Gasteiger partial charge in [0.15, 0.2) is 0 Å². The summed E-state index contributed by atoms with van der Waals surface area (Å²) in [5.74, 6) is 0. The van der Waals surface area contributed by atoms with E-state index >= 15 is 0 Å². The Hall–Kier alpha value is -1.92. The molecule has 0 saturated heterocycles. The Morgan fingerprint density at radius 3 is 2.85 bits per heavy atom. The highest BCUT2D eigenvalue weighted by atomic mass is 16.5. The minimum absolute atomic E-state index is 0.00141. The molecular weight excluding hydrogens is 256 g/mol. The summed E-state index contributed by atoms with van der Waals surface area (Å²) in [5, 5.41) is 7.53. The van der Waals surface area contributed by atoms with Gasteiger partial charge in [-0.05, 0) is 19.1 Å². The van der Waals surface area contributed by atoms with Gasteiger partial charge >= 0.3 is 6.01 Å². The summed E-state index contributed by atoms with van der Waals surface area (Å²) >= 11 is 0. The van der Waals surface area contributed by atoms with Gasteiger partial charge in [0.05, 0.1) is 12.3 Å². The smallest absolute Gasteiger partial charge is 0.336 e. The van der Waals surface area contributed by atoms with E-state index in [1.54, 1.807) is 18.1 Å². The molecule has 0 aliphatic rings. The minimum Gasteiger partial charge on any atom is -0.458 e. The van der Waals surface area contributed by atoms with Gasteiger partial charge < -0.3 is 14.8 Å². The van der Waals surface area contributed by atoms with Gasteiger partial charge in [-0.1, -0.05) is 18.2 Å². The lowest BCUT2D eigenvalue weighted by atomic mass is 10.3.